The number of benzene rings is 1. The Labute approximate surface area is 120 Å². The van der Waals surface area contributed by atoms with E-state index in [0.29, 0.717) is 5.41 Å². The minimum Gasteiger partial charge on any atom is -0.248 e. The summed E-state index contributed by atoms with van der Waals surface area (Å²) in [5.41, 5.74) is 4.42. The van der Waals surface area contributed by atoms with Gasteiger partial charge in [-0.05, 0) is 47.3 Å². The third-order valence-corrected chi connectivity index (χ3v) is 6.14. The first kappa shape index (κ1) is 12.1. The van der Waals surface area contributed by atoms with Crippen LogP contribution in [0.4, 0.5) is 0 Å². The minimum atomic E-state index is 0.285. The van der Waals surface area contributed by atoms with E-state index in [-0.39, 0.29) is 5.41 Å². The van der Waals surface area contributed by atoms with Crippen molar-refractivity contribution in [3.63, 3.8) is 0 Å². The molecular formula is C19H21N. The third-order valence-electron chi connectivity index (χ3n) is 6.14. The normalized spacial score (nSPS) is 30.8. The summed E-state index contributed by atoms with van der Waals surface area (Å²) in [5, 5.41) is 1.23. The van der Waals surface area contributed by atoms with Crippen LogP contribution in [0.5, 0.6) is 0 Å². The molecule has 1 aromatic carbocycles. The Kier molecular flexibility index (Phi) is 2.26. The number of aromatic nitrogens is 1. The van der Waals surface area contributed by atoms with Gasteiger partial charge in [0.25, 0.3) is 0 Å². The van der Waals surface area contributed by atoms with Crippen LogP contribution in [0.25, 0.3) is 16.5 Å². The number of fused-ring (bicyclic) bond motifs is 3. The highest BCUT2D eigenvalue weighted by Crippen LogP contribution is 2.67. The van der Waals surface area contributed by atoms with Gasteiger partial charge in [0.1, 0.15) is 0 Å². The molecule has 1 heteroatoms. The van der Waals surface area contributed by atoms with Crippen molar-refractivity contribution in [2.75, 3.05) is 0 Å². The molecule has 2 aliphatic carbocycles. The molecule has 1 heterocycles. The zero-order valence-electron chi connectivity index (χ0n) is 12.5. The Morgan fingerprint density at radius 1 is 1.05 bits per heavy atom. The molecule has 2 atom stereocenters. The lowest BCUT2D eigenvalue weighted by atomic mass is 9.67. The molecule has 0 radical (unpaired) electrons. The minimum absolute atomic E-state index is 0.285. The zero-order chi connectivity index (χ0) is 14.0. The van der Waals surface area contributed by atoms with E-state index in [1.807, 2.05) is 0 Å². The fourth-order valence-electron chi connectivity index (χ4n) is 4.28. The zero-order valence-corrected chi connectivity index (χ0v) is 12.5. The lowest BCUT2D eigenvalue weighted by Gasteiger charge is -2.37. The summed E-state index contributed by atoms with van der Waals surface area (Å²) in [6.07, 6.45) is 5.13. The average molecular weight is 263 g/mol. The van der Waals surface area contributed by atoms with Crippen LogP contribution in [-0.4, -0.2) is 4.98 Å². The first-order chi connectivity index (χ1) is 9.52. The monoisotopic (exact) mass is 263 g/mol. The van der Waals surface area contributed by atoms with Gasteiger partial charge in [-0.15, -0.1) is 0 Å². The number of hydrogen-bond acceptors (Lipinski definition) is 1. The lowest BCUT2D eigenvalue weighted by molar-refractivity contribution is 0.189. The second-order valence-corrected chi connectivity index (χ2v) is 7.17. The Morgan fingerprint density at radius 2 is 1.85 bits per heavy atom. The van der Waals surface area contributed by atoms with Gasteiger partial charge in [0.05, 0.1) is 11.2 Å². The van der Waals surface area contributed by atoms with Crippen molar-refractivity contribution in [3.05, 3.63) is 48.2 Å². The summed E-state index contributed by atoms with van der Waals surface area (Å²) >= 11 is 0. The summed E-state index contributed by atoms with van der Waals surface area (Å²) in [4.78, 5) is 4.92. The number of rotatable bonds is 1. The molecule has 2 bridgehead atoms. The van der Waals surface area contributed by atoms with Gasteiger partial charge in [0.15, 0.2) is 0 Å². The maximum Gasteiger partial charge on any atom is 0.0709 e. The molecule has 2 aromatic rings. The van der Waals surface area contributed by atoms with Crippen molar-refractivity contribution >= 4 is 16.5 Å². The van der Waals surface area contributed by atoms with Crippen molar-refractivity contribution in [3.8, 4) is 0 Å². The fraction of sp³-hybridized carbons (Fsp3) is 0.421. The second kappa shape index (κ2) is 3.72. The first-order valence-electron chi connectivity index (χ1n) is 7.61. The fourth-order valence-corrected chi connectivity index (χ4v) is 4.28. The van der Waals surface area contributed by atoms with Crippen molar-refractivity contribution in [1.82, 2.24) is 4.98 Å². The molecule has 2 aliphatic rings. The van der Waals surface area contributed by atoms with E-state index >= 15 is 0 Å². The molecular weight excluding hydrogens is 242 g/mol. The molecule has 1 nitrogen and oxygen atoms in total. The van der Waals surface area contributed by atoms with E-state index < -0.39 is 0 Å². The SMILES string of the molecule is CC1(C)[C@H]2C=C(c3ccc4ccccc4n3)[C@@]1(C)CC2. The molecule has 1 saturated carbocycles. The third kappa shape index (κ3) is 1.36. The van der Waals surface area contributed by atoms with Crippen molar-refractivity contribution in [1.29, 1.82) is 0 Å². The topological polar surface area (TPSA) is 12.9 Å². The number of pyridine rings is 1. The molecule has 20 heavy (non-hydrogen) atoms. The molecule has 102 valence electrons. The van der Waals surface area contributed by atoms with Crippen molar-refractivity contribution in [2.45, 2.75) is 33.6 Å². The number of para-hydroxylation sites is 1. The summed E-state index contributed by atoms with van der Waals surface area (Å²) in [6.45, 7) is 7.28. The maximum absolute atomic E-state index is 4.92. The highest BCUT2D eigenvalue weighted by Gasteiger charge is 2.57. The molecule has 1 fully saturated rings. The molecule has 1 aromatic heterocycles. The Hall–Kier alpha value is -1.63. The first-order valence-corrected chi connectivity index (χ1v) is 7.61. The van der Waals surface area contributed by atoms with Crippen molar-refractivity contribution in [2.24, 2.45) is 16.7 Å². The Bertz CT molecular complexity index is 725. The summed E-state index contributed by atoms with van der Waals surface area (Å²) in [7, 11) is 0. The van der Waals surface area contributed by atoms with Crippen molar-refractivity contribution < 1.29 is 0 Å². The number of allylic oxidation sites excluding steroid dienone is 2. The molecule has 0 spiro atoms. The van der Waals surface area contributed by atoms with E-state index in [4.69, 9.17) is 4.98 Å². The molecule has 4 rings (SSSR count). The van der Waals surface area contributed by atoms with E-state index in [9.17, 15) is 0 Å². The smallest absolute Gasteiger partial charge is 0.0709 e. The Morgan fingerprint density at radius 3 is 2.55 bits per heavy atom. The highest BCUT2D eigenvalue weighted by atomic mass is 14.7. The van der Waals surface area contributed by atoms with E-state index in [2.05, 4.69) is 63.2 Å². The van der Waals surface area contributed by atoms with E-state index in [1.54, 1.807) is 0 Å². The molecule has 0 aliphatic heterocycles. The predicted molar refractivity (Wildman–Crippen MR) is 84.3 cm³/mol. The second-order valence-electron chi connectivity index (χ2n) is 7.17. The van der Waals surface area contributed by atoms with Gasteiger partial charge in [-0.3, -0.25) is 0 Å². The summed E-state index contributed by atoms with van der Waals surface area (Å²) in [6, 6.07) is 12.8. The standard InChI is InChI=1S/C19H21N/c1-18(2)14-10-11-19(18,3)15(12-14)17-9-8-13-6-4-5-7-16(13)20-17/h4-9,12,14H,10-11H2,1-3H3/t14-,19-/m1/s1. The van der Waals surface area contributed by atoms with Crippen LogP contribution in [0.2, 0.25) is 0 Å². The van der Waals surface area contributed by atoms with Crippen LogP contribution < -0.4 is 0 Å². The van der Waals surface area contributed by atoms with Crippen LogP contribution in [0, 0.1) is 16.7 Å². The average Bonchev–Trinajstić information content (AvgIpc) is 2.79. The van der Waals surface area contributed by atoms with Gasteiger partial charge in [-0.25, -0.2) is 4.98 Å². The molecule has 0 amide bonds. The molecule has 0 N–H and O–H groups in total. The van der Waals surface area contributed by atoms with Gasteiger partial charge in [-0.2, -0.15) is 0 Å². The number of nitrogens with zero attached hydrogens (tertiary/aromatic N) is 1. The summed E-state index contributed by atoms with van der Waals surface area (Å²) < 4.78 is 0. The van der Waals surface area contributed by atoms with E-state index in [1.165, 1.54) is 29.5 Å². The van der Waals surface area contributed by atoms with Crippen LogP contribution in [0.15, 0.2) is 42.5 Å². The number of hydrogen-bond donors (Lipinski definition) is 0. The van der Waals surface area contributed by atoms with Gasteiger partial charge in [-0.1, -0.05) is 51.1 Å². The molecule has 0 unspecified atom stereocenters. The maximum atomic E-state index is 4.92. The van der Waals surface area contributed by atoms with Crippen LogP contribution in [0.1, 0.15) is 39.3 Å². The van der Waals surface area contributed by atoms with Crippen LogP contribution >= 0.6 is 0 Å². The largest absolute Gasteiger partial charge is 0.248 e. The van der Waals surface area contributed by atoms with Gasteiger partial charge in [0, 0.05) is 5.39 Å². The summed E-state index contributed by atoms with van der Waals surface area (Å²) in [5.74, 6) is 0.718. The van der Waals surface area contributed by atoms with Gasteiger partial charge < -0.3 is 0 Å². The lowest BCUT2D eigenvalue weighted by Crippen LogP contribution is -2.29. The highest BCUT2D eigenvalue weighted by molar-refractivity contribution is 5.82. The predicted octanol–water partition coefficient (Wildman–Crippen LogP) is 5.07. The van der Waals surface area contributed by atoms with Crippen LogP contribution in [0.3, 0.4) is 0 Å². The Balaban J connectivity index is 1.87. The molecule has 0 saturated heterocycles. The van der Waals surface area contributed by atoms with Crippen LogP contribution in [-0.2, 0) is 0 Å². The van der Waals surface area contributed by atoms with Gasteiger partial charge in [0.2, 0.25) is 0 Å². The van der Waals surface area contributed by atoms with Gasteiger partial charge >= 0.3 is 0 Å². The quantitative estimate of drug-likeness (QED) is 0.699. The van der Waals surface area contributed by atoms with E-state index in [0.717, 1.165) is 11.4 Å².